The van der Waals surface area contributed by atoms with Crippen LogP contribution in [0.4, 0.5) is 5.13 Å². The summed E-state index contributed by atoms with van der Waals surface area (Å²) >= 11 is 0.897. The molecule has 1 aliphatic carbocycles. The molecule has 19 heavy (non-hydrogen) atoms. The molecule has 2 rings (SSSR count). The first-order valence-electron chi connectivity index (χ1n) is 6.62. The number of nitrogens with two attached hydrogens (primary N) is 1. The number of rotatable bonds is 5. The van der Waals surface area contributed by atoms with Gasteiger partial charge in [0.15, 0.2) is 0 Å². The van der Waals surface area contributed by atoms with Crippen LogP contribution in [0.15, 0.2) is 4.34 Å². The van der Waals surface area contributed by atoms with Gasteiger partial charge >= 0.3 is 0 Å². The molecular formula is C11H20N4O2S2. The van der Waals surface area contributed by atoms with Gasteiger partial charge in [-0.1, -0.05) is 31.1 Å². The Hall–Kier alpha value is -0.730. The van der Waals surface area contributed by atoms with E-state index in [0.29, 0.717) is 0 Å². The lowest BCUT2D eigenvalue weighted by atomic mass is 9.84. The predicted molar refractivity (Wildman–Crippen MR) is 75.3 cm³/mol. The molecule has 0 amide bonds. The van der Waals surface area contributed by atoms with E-state index in [9.17, 15) is 8.42 Å². The summed E-state index contributed by atoms with van der Waals surface area (Å²) in [7, 11) is -3.55. The molecule has 0 atom stereocenters. The van der Waals surface area contributed by atoms with Crippen LogP contribution in [0.5, 0.6) is 0 Å². The molecule has 1 aromatic rings. The Morgan fingerprint density at radius 2 is 2.00 bits per heavy atom. The molecule has 8 heteroatoms. The SMILES string of the molecule is CCCC1CCC(NS(=O)(=O)c2nnc(N)s2)CC1. The lowest BCUT2D eigenvalue weighted by molar-refractivity contribution is 0.297. The summed E-state index contributed by atoms with van der Waals surface area (Å²) in [6.07, 6.45) is 6.44. The van der Waals surface area contributed by atoms with Crippen molar-refractivity contribution in [2.45, 2.75) is 55.8 Å². The smallest absolute Gasteiger partial charge is 0.270 e. The summed E-state index contributed by atoms with van der Waals surface area (Å²) < 4.78 is 26.8. The first-order valence-corrected chi connectivity index (χ1v) is 8.92. The second kappa shape index (κ2) is 6.15. The van der Waals surface area contributed by atoms with Crippen molar-refractivity contribution in [1.29, 1.82) is 0 Å². The van der Waals surface area contributed by atoms with Gasteiger partial charge in [-0.2, -0.15) is 0 Å². The fourth-order valence-corrected chi connectivity index (χ4v) is 4.68. The van der Waals surface area contributed by atoms with Gasteiger partial charge in [0.1, 0.15) is 0 Å². The monoisotopic (exact) mass is 304 g/mol. The standard InChI is InChI=1S/C11H20N4O2S2/c1-2-3-8-4-6-9(7-5-8)15-19(16,17)11-14-13-10(12)18-11/h8-9,15H,2-7H2,1H3,(H2,12,13). The van der Waals surface area contributed by atoms with E-state index in [1.807, 2.05) is 0 Å². The quantitative estimate of drug-likeness (QED) is 0.863. The zero-order valence-corrected chi connectivity index (χ0v) is 12.6. The number of hydrogen-bond acceptors (Lipinski definition) is 6. The lowest BCUT2D eigenvalue weighted by Crippen LogP contribution is -2.37. The number of anilines is 1. The molecule has 6 nitrogen and oxygen atoms in total. The summed E-state index contributed by atoms with van der Waals surface area (Å²) in [5, 5.41) is 7.30. The Labute approximate surface area is 117 Å². The van der Waals surface area contributed by atoms with Crippen LogP contribution in [0.3, 0.4) is 0 Å². The van der Waals surface area contributed by atoms with Gasteiger partial charge in [-0.15, -0.1) is 10.2 Å². The molecule has 0 aromatic carbocycles. The van der Waals surface area contributed by atoms with Gasteiger partial charge < -0.3 is 5.73 Å². The topological polar surface area (TPSA) is 98.0 Å². The molecule has 1 saturated carbocycles. The summed E-state index contributed by atoms with van der Waals surface area (Å²) in [6.45, 7) is 2.19. The zero-order valence-electron chi connectivity index (χ0n) is 11.0. The maximum absolute atomic E-state index is 12.1. The molecule has 108 valence electrons. The molecule has 0 saturated heterocycles. The van der Waals surface area contributed by atoms with Crippen molar-refractivity contribution in [2.24, 2.45) is 5.92 Å². The first kappa shape index (κ1) is 14.7. The van der Waals surface area contributed by atoms with Crippen molar-refractivity contribution in [3.63, 3.8) is 0 Å². The Balaban J connectivity index is 1.92. The highest BCUT2D eigenvalue weighted by Gasteiger charge is 2.27. The average Bonchev–Trinajstić information content (AvgIpc) is 2.79. The van der Waals surface area contributed by atoms with Gasteiger partial charge in [-0.3, -0.25) is 0 Å². The van der Waals surface area contributed by atoms with E-state index in [2.05, 4.69) is 21.8 Å². The van der Waals surface area contributed by atoms with Gasteiger partial charge in [0.2, 0.25) is 9.47 Å². The minimum atomic E-state index is -3.55. The van der Waals surface area contributed by atoms with E-state index in [1.165, 1.54) is 12.8 Å². The molecular weight excluding hydrogens is 284 g/mol. The van der Waals surface area contributed by atoms with Crippen molar-refractivity contribution in [2.75, 3.05) is 5.73 Å². The van der Waals surface area contributed by atoms with E-state index in [4.69, 9.17) is 5.73 Å². The zero-order chi connectivity index (χ0) is 13.9. The molecule has 0 aliphatic heterocycles. The third-order valence-corrected chi connectivity index (χ3v) is 6.16. The van der Waals surface area contributed by atoms with Crippen molar-refractivity contribution < 1.29 is 8.42 Å². The van der Waals surface area contributed by atoms with Crippen LogP contribution in [0, 0.1) is 5.92 Å². The van der Waals surface area contributed by atoms with Crippen LogP contribution in [-0.4, -0.2) is 24.7 Å². The maximum atomic E-state index is 12.1. The molecule has 0 unspecified atom stereocenters. The largest absolute Gasteiger partial charge is 0.374 e. The van der Waals surface area contributed by atoms with Crippen molar-refractivity contribution in [3.8, 4) is 0 Å². The van der Waals surface area contributed by atoms with Gasteiger partial charge in [-0.05, 0) is 31.6 Å². The molecule has 3 N–H and O–H groups in total. The van der Waals surface area contributed by atoms with Crippen molar-refractivity contribution in [1.82, 2.24) is 14.9 Å². The number of sulfonamides is 1. The fraction of sp³-hybridized carbons (Fsp3) is 0.818. The molecule has 1 fully saturated rings. The van der Waals surface area contributed by atoms with Crippen molar-refractivity contribution in [3.05, 3.63) is 0 Å². The highest BCUT2D eigenvalue weighted by atomic mass is 32.2. The van der Waals surface area contributed by atoms with Gasteiger partial charge in [0, 0.05) is 6.04 Å². The van der Waals surface area contributed by atoms with E-state index >= 15 is 0 Å². The van der Waals surface area contributed by atoms with E-state index in [-0.39, 0.29) is 15.5 Å². The Morgan fingerprint density at radius 1 is 1.32 bits per heavy atom. The maximum Gasteiger partial charge on any atom is 0.270 e. The second-order valence-electron chi connectivity index (χ2n) is 5.03. The molecule has 0 bridgehead atoms. The summed E-state index contributed by atoms with van der Waals surface area (Å²) in [5.74, 6) is 0.753. The molecule has 0 radical (unpaired) electrons. The number of aromatic nitrogens is 2. The molecule has 1 aliphatic rings. The fourth-order valence-electron chi connectivity index (χ4n) is 2.58. The third kappa shape index (κ3) is 3.87. The van der Waals surface area contributed by atoms with Gasteiger partial charge in [0.05, 0.1) is 0 Å². The molecule has 1 aromatic heterocycles. The Morgan fingerprint density at radius 3 is 2.53 bits per heavy atom. The molecule has 1 heterocycles. The summed E-state index contributed by atoms with van der Waals surface area (Å²) in [5.41, 5.74) is 5.41. The molecule has 0 spiro atoms. The van der Waals surface area contributed by atoms with Crippen LogP contribution in [0.1, 0.15) is 45.4 Å². The summed E-state index contributed by atoms with van der Waals surface area (Å²) in [6, 6.07) is 0.0169. The van der Waals surface area contributed by atoms with E-state index in [0.717, 1.165) is 42.9 Å². The Bertz CT molecular complexity index is 507. The minimum absolute atomic E-state index is 0.0169. The second-order valence-corrected chi connectivity index (χ2v) is 7.93. The van der Waals surface area contributed by atoms with Gasteiger partial charge in [0.25, 0.3) is 10.0 Å². The van der Waals surface area contributed by atoms with Gasteiger partial charge in [-0.25, -0.2) is 13.1 Å². The third-order valence-electron chi connectivity index (χ3n) is 3.52. The Kier molecular flexibility index (Phi) is 4.75. The number of nitrogen functional groups attached to an aromatic ring is 1. The van der Waals surface area contributed by atoms with Crippen molar-refractivity contribution >= 4 is 26.5 Å². The van der Waals surface area contributed by atoms with E-state index < -0.39 is 10.0 Å². The highest BCUT2D eigenvalue weighted by Crippen LogP contribution is 2.28. The number of nitrogens with zero attached hydrogens (tertiary/aromatic N) is 2. The normalized spacial score (nSPS) is 24.5. The first-order chi connectivity index (χ1) is 9.01. The highest BCUT2D eigenvalue weighted by molar-refractivity contribution is 7.91. The summed E-state index contributed by atoms with van der Waals surface area (Å²) in [4.78, 5) is 0. The number of hydrogen-bond donors (Lipinski definition) is 2. The lowest BCUT2D eigenvalue weighted by Gasteiger charge is -2.28. The average molecular weight is 304 g/mol. The van der Waals surface area contributed by atoms with Crippen LogP contribution in [0.2, 0.25) is 0 Å². The predicted octanol–water partition coefficient (Wildman–Crippen LogP) is 1.76. The van der Waals surface area contributed by atoms with E-state index in [1.54, 1.807) is 0 Å². The number of nitrogens with one attached hydrogen (secondary N) is 1. The van der Waals surface area contributed by atoms with Crippen LogP contribution in [0.25, 0.3) is 0 Å². The minimum Gasteiger partial charge on any atom is -0.374 e. The van der Waals surface area contributed by atoms with Crippen LogP contribution in [-0.2, 0) is 10.0 Å². The van der Waals surface area contributed by atoms with Crippen LogP contribution < -0.4 is 10.5 Å². The van der Waals surface area contributed by atoms with Crippen LogP contribution >= 0.6 is 11.3 Å².